The molecule has 0 aliphatic heterocycles. The van der Waals surface area contributed by atoms with Crippen molar-refractivity contribution in [1.29, 1.82) is 0 Å². The summed E-state index contributed by atoms with van der Waals surface area (Å²) in [6.45, 7) is 2.65. The maximum atomic E-state index is 11.5. The monoisotopic (exact) mass is 251 g/mol. The van der Waals surface area contributed by atoms with Crippen LogP contribution in [-0.4, -0.2) is 19.7 Å². The Balaban J connectivity index is 2.27. The predicted molar refractivity (Wildman–Crippen MR) is 65.9 cm³/mol. The predicted octanol–water partition coefficient (Wildman–Crippen LogP) is 1.11. The molecule has 0 aromatic carbocycles. The molecule has 0 amide bonds. The molecule has 0 spiro atoms. The Bertz CT molecular complexity index is 562. The average Bonchev–Trinajstić information content (AvgIpc) is 2.62. The highest BCUT2D eigenvalue weighted by Gasteiger charge is 2.09. The zero-order chi connectivity index (χ0) is 12.3. The first-order valence-electron chi connectivity index (χ1n) is 5.25. The van der Waals surface area contributed by atoms with Crippen molar-refractivity contribution in [2.45, 2.75) is 30.1 Å². The molecule has 0 aliphatic carbocycles. The number of aromatic nitrogens is 4. The summed E-state index contributed by atoms with van der Waals surface area (Å²) in [6.07, 6.45) is 2.50. The highest BCUT2D eigenvalue weighted by molar-refractivity contribution is 7.99. The van der Waals surface area contributed by atoms with Gasteiger partial charge in [-0.1, -0.05) is 6.92 Å². The minimum absolute atomic E-state index is 0.196. The zero-order valence-corrected chi connectivity index (χ0v) is 10.2. The van der Waals surface area contributed by atoms with Crippen LogP contribution in [0.3, 0.4) is 0 Å². The molecule has 0 bridgehead atoms. The fraction of sp³-hybridized carbons (Fsp3) is 0.300. The SMILES string of the molecule is CCCn1c(Sc2cc(N)ccn2)n[nH]c1=O. The van der Waals surface area contributed by atoms with E-state index >= 15 is 0 Å². The summed E-state index contributed by atoms with van der Waals surface area (Å²) in [5.74, 6) is 0. The Morgan fingerprint density at radius 1 is 1.59 bits per heavy atom. The van der Waals surface area contributed by atoms with Gasteiger partial charge < -0.3 is 5.73 Å². The minimum atomic E-state index is -0.196. The largest absolute Gasteiger partial charge is 0.399 e. The molecule has 0 fully saturated rings. The molecule has 0 unspecified atom stereocenters. The van der Waals surface area contributed by atoms with Gasteiger partial charge in [-0.25, -0.2) is 14.9 Å². The van der Waals surface area contributed by atoms with Crippen LogP contribution >= 0.6 is 11.8 Å². The van der Waals surface area contributed by atoms with Gasteiger partial charge in [0, 0.05) is 18.4 Å². The summed E-state index contributed by atoms with van der Waals surface area (Å²) >= 11 is 1.32. The van der Waals surface area contributed by atoms with Crippen LogP contribution < -0.4 is 11.4 Å². The summed E-state index contributed by atoms with van der Waals surface area (Å²) in [4.78, 5) is 15.6. The number of H-pyrrole nitrogens is 1. The number of nitrogen functional groups attached to an aromatic ring is 1. The van der Waals surface area contributed by atoms with Crippen LogP contribution in [0.25, 0.3) is 0 Å². The standard InChI is InChI=1S/C10H13N5OS/c1-2-5-15-9(16)13-14-10(15)17-8-6-7(11)3-4-12-8/h3-4,6H,2,5H2,1H3,(H2,11,12)(H,13,16). The molecule has 2 aromatic rings. The lowest BCUT2D eigenvalue weighted by Crippen LogP contribution is -2.17. The molecule has 0 aliphatic rings. The number of pyridine rings is 1. The fourth-order valence-electron chi connectivity index (χ4n) is 1.38. The normalized spacial score (nSPS) is 10.6. The third-order valence-electron chi connectivity index (χ3n) is 2.13. The number of nitrogens with two attached hydrogens (primary N) is 1. The second kappa shape index (κ2) is 5.05. The molecular weight excluding hydrogens is 238 g/mol. The third-order valence-corrected chi connectivity index (χ3v) is 3.05. The minimum Gasteiger partial charge on any atom is -0.399 e. The Labute approximate surface area is 102 Å². The van der Waals surface area contributed by atoms with Gasteiger partial charge in [-0.2, -0.15) is 0 Å². The van der Waals surface area contributed by atoms with E-state index in [1.807, 2.05) is 6.92 Å². The lowest BCUT2D eigenvalue weighted by atomic mass is 10.4. The van der Waals surface area contributed by atoms with Gasteiger partial charge in [0.05, 0.1) is 0 Å². The molecule has 2 aromatic heterocycles. The van der Waals surface area contributed by atoms with E-state index in [2.05, 4.69) is 15.2 Å². The van der Waals surface area contributed by atoms with Crippen molar-refractivity contribution in [2.24, 2.45) is 0 Å². The van der Waals surface area contributed by atoms with Crippen molar-refractivity contribution in [3.63, 3.8) is 0 Å². The number of rotatable bonds is 4. The van der Waals surface area contributed by atoms with Crippen LogP contribution in [0.4, 0.5) is 5.69 Å². The van der Waals surface area contributed by atoms with Crippen molar-refractivity contribution < 1.29 is 0 Å². The van der Waals surface area contributed by atoms with Gasteiger partial charge in [0.25, 0.3) is 0 Å². The third kappa shape index (κ3) is 2.68. The summed E-state index contributed by atoms with van der Waals surface area (Å²) in [5.41, 5.74) is 6.11. The molecule has 0 saturated carbocycles. The highest BCUT2D eigenvalue weighted by atomic mass is 32.2. The number of nitrogens with zero attached hydrogens (tertiary/aromatic N) is 3. The maximum Gasteiger partial charge on any atom is 0.343 e. The molecule has 17 heavy (non-hydrogen) atoms. The van der Waals surface area contributed by atoms with E-state index in [-0.39, 0.29) is 5.69 Å². The Kier molecular flexibility index (Phi) is 3.48. The van der Waals surface area contributed by atoms with E-state index < -0.39 is 0 Å². The van der Waals surface area contributed by atoms with Crippen molar-refractivity contribution in [3.05, 3.63) is 28.8 Å². The summed E-state index contributed by atoms with van der Waals surface area (Å²) in [6, 6.07) is 3.47. The summed E-state index contributed by atoms with van der Waals surface area (Å²) < 4.78 is 1.59. The zero-order valence-electron chi connectivity index (χ0n) is 9.38. The van der Waals surface area contributed by atoms with E-state index in [4.69, 9.17) is 5.73 Å². The van der Waals surface area contributed by atoms with E-state index in [1.165, 1.54) is 11.8 Å². The van der Waals surface area contributed by atoms with Gasteiger partial charge in [-0.05, 0) is 30.3 Å². The van der Waals surface area contributed by atoms with Gasteiger partial charge in [0.2, 0.25) is 0 Å². The number of anilines is 1. The van der Waals surface area contributed by atoms with Gasteiger partial charge in [-0.15, -0.1) is 5.10 Å². The van der Waals surface area contributed by atoms with Gasteiger partial charge in [-0.3, -0.25) is 4.57 Å². The molecule has 2 rings (SSSR count). The molecule has 7 heteroatoms. The first-order chi connectivity index (χ1) is 8.20. The molecule has 2 heterocycles. The first kappa shape index (κ1) is 11.7. The van der Waals surface area contributed by atoms with E-state index in [9.17, 15) is 4.79 Å². The molecule has 0 atom stereocenters. The van der Waals surface area contributed by atoms with Crippen molar-refractivity contribution >= 4 is 17.4 Å². The average molecular weight is 251 g/mol. The van der Waals surface area contributed by atoms with E-state index in [0.717, 1.165) is 11.4 Å². The van der Waals surface area contributed by atoms with E-state index in [0.29, 0.717) is 17.4 Å². The van der Waals surface area contributed by atoms with Crippen LogP contribution in [0, 0.1) is 0 Å². The van der Waals surface area contributed by atoms with Gasteiger partial charge in [0.1, 0.15) is 5.03 Å². The second-order valence-corrected chi connectivity index (χ2v) is 4.48. The number of nitrogens with one attached hydrogen (secondary N) is 1. The topological polar surface area (TPSA) is 89.6 Å². The van der Waals surface area contributed by atoms with Crippen LogP contribution in [0.1, 0.15) is 13.3 Å². The number of aromatic amines is 1. The quantitative estimate of drug-likeness (QED) is 0.849. The smallest absolute Gasteiger partial charge is 0.343 e. The highest BCUT2D eigenvalue weighted by Crippen LogP contribution is 2.24. The lowest BCUT2D eigenvalue weighted by molar-refractivity contribution is 0.603. The Morgan fingerprint density at radius 2 is 2.41 bits per heavy atom. The maximum absolute atomic E-state index is 11.5. The number of hydrogen-bond acceptors (Lipinski definition) is 5. The van der Waals surface area contributed by atoms with Crippen molar-refractivity contribution in [3.8, 4) is 0 Å². The van der Waals surface area contributed by atoms with Gasteiger partial charge in [0.15, 0.2) is 5.16 Å². The molecule has 90 valence electrons. The van der Waals surface area contributed by atoms with E-state index in [1.54, 1.807) is 22.9 Å². The van der Waals surface area contributed by atoms with Crippen LogP contribution in [-0.2, 0) is 6.54 Å². The van der Waals surface area contributed by atoms with Crippen molar-refractivity contribution in [2.75, 3.05) is 5.73 Å². The fourth-order valence-corrected chi connectivity index (χ4v) is 2.25. The second-order valence-electron chi connectivity index (χ2n) is 3.49. The number of hydrogen-bond donors (Lipinski definition) is 2. The van der Waals surface area contributed by atoms with Crippen LogP contribution in [0.5, 0.6) is 0 Å². The summed E-state index contributed by atoms with van der Waals surface area (Å²) in [5, 5.41) is 7.73. The van der Waals surface area contributed by atoms with Gasteiger partial charge >= 0.3 is 5.69 Å². The van der Waals surface area contributed by atoms with Crippen molar-refractivity contribution in [1.82, 2.24) is 19.7 Å². The summed E-state index contributed by atoms with van der Waals surface area (Å²) in [7, 11) is 0. The Morgan fingerprint density at radius 3 is 3.12 bits per heavy atom. The Hall–Kier alpha value is -1.76. The first-order valence-corrected chi connectivity index (χ1v) is 6.07. The van der Waals surface area contributed by atoms with Crippen LogP contribution in [0.15, 0.2) is 33.3 Å². The molecule has 0 saturated heterocycles. The molecular formula is C10H13N5OS. The lowest BCUT2D eigenvalue weighted by Gasteiger charge is -2.03. The molecule has 0 radical (unpaired) electrons. The molecule has 3 N–H and O–H groups in total. The van der Waals surface area contributed by atoms with Crippen LogP contribution in [0.2, 0.25) is 0 Å². The molecule has 6 nitrogen and oxygen atoms in total.